The summed E-state index contributed by atoms with van der Waals surface area (Å²) < 4.78 is 1.17. The molecular formula is C13H19BrN2S. The number of nitrogens with one attached hydrogen (secondary N) is 1. The maximum absolute atomic E-state index is 5.68. The Bertz CT molecular complexity index is 353. The summed E-state index contributed by atoms with van der Waals surface area (Å²) in [6.45, 7) is 0. The van der Waals surface area contributed by atoms with Crippen molar-refractivity contribution in [1.29, 1.82) is 0 Å². The Balaban J connectivity index is 1.89. The molecule has 1 aliphatic carbocycles. The fraction of sp³-hybridized carbons (Fsp3) is 0.538. The van der Waals surface area contributed by atoms with E-state index in [9.17, 15) is 0 Å². The van der Waals surface area contributed by atoms with E-state index in [1.54, 1.807) is 0 Å². The van der Waals surface area contributed by atoms with Crippen LogP contribution in [0.3, 0.4) is 0 Å². The van der Waals surface area contributed by atoms with Crippen molar-refractivity contribution >= 4 is 27.7 Å². The van der Waals surface area contributed by atoms with Crippen molar-refractivity contribution in [3.63, 3.8) is 0 Å². The highest BCUT2D eigenvalue weighted by Gasteiger charge is 2.24. The number of halogens is 1. The van der Waals surface area contributed by atoms with Crippen LogP contribution in [0.25, 0.3) is 0 Å². The second-order valence-electron chi connectivity index (χ2n) is 4.56. The molecule has 0 heterocycles. The average molecular weight is 315 g/mol. The molecule has 0 aliphatic heterocycles. The zero-order chi connectivity index (χ0) is 12.1. The summed E-state index contributed by atoms with van der Waals surface area (Å²) in [6.07, 6.45) is 5.38. The number of rotatable bonds is 5. The predicted molar refractivity (Wildman–Crippen MR) is 77.9 cm³/mol. The number of nitrogens with two attached hydrogens (primary N) is 1. The van der Waals surface area contributed by atoms with Crippen molar-refractivity contribution in [2.45, 2.75) is 36.6 Å². The molecule has 0 bridgehead atoms. The van der Waals surface area contributed by atoms with Crippen LogP contribution >= 0.6 is 27.7 Å². The maximum Gasteiger partial charge on any atom is 0.0332 e. The topological polar surface area (TPSA) is 38.0 Å². The number of hydrazine groups is 1. The summed E-state index contributed by atoms with van der Waals surface area (Å²) in [5.74, 6) is 7.48. The lowest BCUT2D eigenvalue weighted by Crippen LogP contribution is -2.41. The Labute approximate surface area is 116 Å². The molecule has 3 N–H and O–H groups in total. The van der Waals surface area contributed by atoms with Gasteiger partial charge in [0.2, 0.25) is 0 Å². The highest BCUT2D eigenvalue weighted by Crippen LogP contribution is 2.32. The molecule has 17 heavy (non-hydrogen) atoms. The van der Waals surface area contributed by atoms with E-state index in [1.807, 2.05) is 17.8 Å². The molecule has 1 fully saturated rings. The van der Waals surface area contributed by atoms with Gasteiger partial charge in [-0.15, -0.1) is 11.8 Å². The number of hydrogen-bond donors (Lipinski definition) is 2. The molecule has 0 amide bonds. The molecule has 2 nitrogen and oxygen atoms in total. The molecule has 2 rings (SSSR count). The third-order valence-electron chi connectivity index (χ3n) is 3.44. The number of hydrogen-bond acceptors (Lipinski definition) is 3. The second kappa shape index (κ2) is 6.78. The lowest BCUT2D eigenvalue weighted by molar-refractivity contribution is 0.393. The minimum atomic E-state index is 0.439. The lowest BCUT2D eigenvalue weighted by atomic mass is 10.0. The van der Waals surface area contributed by atoms with Crippen LogP contribution in [-0.4, -0.2) is 11.8 Å². The predicted octanol–water partition coefficient (Wildman–Crippen LogP) is 3.56. The van der Waals surface area contributed by atoms with Crippen LogP contribution in [0.15, 0.2) is 33.6 Å². The molecule has 1 aromatic carbocycles. The van der Waals surface area contributed by atoms with Crippen LogP contribution < -0.4 is 11.3 Å². The van der Waals surface area contributed by atoms with Crippen LogP contribution in [0.2, 0.25) is 0 Å². The van der Waals surface area contributed by atoms with E-state index in [0.717, 1.165) is 11.7 Å². The van der Waals surface area contributed by atoms with Gasteiger partial charge in [0.1, 0.15) is 0 Å². The summed E-state index contributed by atoms with van der Waals surface area (Å²) in [7, 11) is 0. The lowest BCUT2D eigenvalue weighted by Gasteiger charge is -2.22. The molecular weight excluding hydrogens is 296 g/mol. The quantitative estimate of drug-likeness (QED) is 0.496. The fourth-order valence-corrected chi connectivity index (χ4v) is 4.16. The van der Waals surface area contributed by atoms with Gasteiger partial charge in [0, 0.05) is 21.2 Å². The van der Waals surface area contributed by atoms with Gasteiger partial charge in [-0.25, -0.2) is 0 Å². The third kappa shape index (κ3) is 3.71. The first-order chi connectivity index (χ1) is 8.31. The summed E-state index contributed by atoms with van der Waals surface area (Å²) in [5, 5.41) is 0. The minimum Gasteiger partial charge on any atom is -0.271 e. The highest BCUT2D eigenvalue weighted by molar-refractivity contribution is 9.10. The van der Waals surface area contributed by atoms with E-state index in [1.165, 1.54) is 35.1 Å². The van der Waals surface area contributed by atoms with Crippen molar-refractivity contribution in [3.8, 4) is 0 Å². The second-order valence-corrected chi connectivity index (χ2v) is 6.48. The van der Waals surface area contributed by atoms with Gasteiger partial charge < -0.3 is 0 Å². The van der Waals surface area contributed by atoms with Crippen LogP contribution in [0.5, 0.6) is 0 Å². The van der Waals surface area contributed by atoms with Gasteiger partial charge in [-0.2, -0.15) is 0 Å². The van der Waals surface area contributed by atoms with Crippen LogP contribution in [-0.2, 0) is 0 Å². The maximum atomic E-state index is 5.68. The van der Waals surface area contributed by atoms with Gasteiger partial charge in [0.25, 0.3) is 0 Å². The Morgan fingerprint density at radius 1 is 1.35 bits per heavy atom. The Morgan fingerprint density at radius 2 is 2.06 bits per heavy atom. The first-order valence-electron chi connectivity index (χ1n) is 6.14. The molecule has 0 aromatic heterocycles. The monoisotopic (exact) mass is 314 g/mol. The molecule has 1 aliphatic rings. The van der Waals surface area contributed by atoms with Crippen molar-refractivity contribution in [1.82, 2.24) is 5.43 Å². The van der Waals surface area contributed by atoms with Crippen molar-refractivity contribution in [2.75, 3.05) is 5.75 Å². The van der Waals surface area contributed by atoms with E-state index in [0.29, 0.717) is 6.04 Å². The average Bonchev–Trinajstić information content (AvgIpc) is 2.86. The zero-order valence-electron chi connectivity index (χ0n) is 9.86. The Morgan fingerprint density at radius 3 is 2.71 bits per heavy atom. The summed E-state index contributed by atoms with van der Waals surface area (Å²) in [6, 6.07) is 8.80. The fourth-order valence-electron chi connectivity index (χ4n) is 2.42. The molecule has 94 valence electrons. The van der Waals surface area contributed by atoms with Crippen LogP contribution in [0.1, 0.15) is 25.7 Å². The minimum absolute atomic E-state index is 0.439. The van der Waals surface area contributed by atoms with Gasteiger partial charge in [0.15, 0.2) is 0 Å². The highest BCUT2D eigenvalue weighted by atomic mass is 79.9. The van der Waals surface area contributed by atoms with Crippen molar-refractivity contribution in [3.05, 3.63) is 28.7 Å². The summed E-state index contributed by atoms with van der Waals surface area (Å²) in [5.41, 5.74) is 3.00. The van der Waals surface area contributed by atoms with E-state index in [4.69, 9.17) is 5.84 Å². The molecule has 1 saturated carbocycles. The third-order valence-corrected chi connectivity index (χ3v) is 5.58. The normalized spacial score (nSPS) is 18.5. The standard InChI is InChI=1S/C13H19BrN2S/c14-11-7-3-4-8-13(11)17-9-12(16-15)10-5-1-2-6-10/h3-4,7-8,10,12,16H,1-2,5-6,9,15H2. The molecule has 1 atom stereocenters. The zero-order valence-corrected chi connectivity index (χ0v) is 12.3. The van der Waals surface area contributed by atoms with Crippen molar-refractivity contribution in [2.24, 2.45) is 11.8 Å². The van der Waals surface area contributed by atoms with Gasteiger partial charge in [-0.1, -0.05) is 25.0 Å². The SMILES string of the molecule is NNC(CSc1ccccc1Br)C1CCCC1. The van der Waals surface area contributed by atoms with Crippen LogP contribution in [0, 0.1) is 5.92 Å². The molecule has 0 saturated heterocycles. The van der Waals surface area contributed by atoms with E-state index >= 15 is 0 Å². The molecule has 0 spiro atoms. The summed E-state index contributed by atoms with van der Waals surface area (Å²) in [4.78, 5) is 1.30. The van der Waals surface area contributed by atoms with E-state index in [2.05, 4.69) is 39.6 Å². The largest absolute Gasteiger partial charge is 0.271 e. The first-order valence-corrected chi connectivity index (χ1v) is 7.92. The first kappa shape index (κ1) is 13.4. The van der Waals surface area contributed by atoms with Gasteiger partial charge in [-0.3, -0.25) is 11.3 Å². The number of thioether (sulfide) groups is 1. The molecule has 1 unspecified atom stereocenters. The van der Waals surface area contributed by atoms with Gasteiger partial charge in [-0.05, 0) is 46.8 Å². The van der Waals surface area contributed by atoms with Gasteiger partial charge in [0.05, 0.1) is 0 Å². The Hall–Kier alpha value is -0.0300. The van der Waals surface area contributed by atoms with E-state index < -0.39 is 0 Å². The number of benzene rings is 1. The smallest absolute Gasteiger partial charge is 0.0332 e. The molecule has 0 radical (unpaired) electrons. The van der Waals surface area contributed by atoms with Crippen molar-refractivity contribution < 1.29 is 0 Å². The molecule has 1 aromatic rings. The van der Waals surface area contributed by atoms with Gasteiger partial charge >= 0.3 is 0 Å². The van der Waals surface area contributed by atoms with E-state index in [-0.39, 0.29) is 0 Å². The Kier molecular flexibility index (Phi) is 5.35. The summed E-state index contributed by atoms with van der Waals surface area (Å²) >= 11 is 5.46. The molecule has 4 heteroatoms. The van der Waals surface area contributed by atoms with Crippen LogP contribution in [0.4, 0.5) is 0 Å².